The quantitative estimate of drug-likeness (QED) is 0.374. The molecule has 1 fully saturated rings. The fourth-order valence-electron chi connectivity index (χ4n) is 3.59. The zero-order valence-electron chi connectivity index (χ0n) is 18.9. The summed E-state index contributed by atoms with van der Waals surface area (Å²) >= 11 is 0. The van der Waals surface area contributed by atoms with Gasteiger partial charge in [-0.3, -0.25) is 4.68 Å². The molecule has 1 saturated heterocycles. The summed E-state index contributed by atoms with van der Waals surface area (Å²) in [5, 5.41) is 8.24. The number of carbonyl (C=O) groups excluding carboxylic acids is 1. The number of carbonyl (C=O) groups is 1. The van der Waals surface area contributed by atoms with E-state index in [2.05, 4.69) is 20.2 Å². The Hall–Kier alpha value is -4.42. The predicted molar refractivity (Wildman–Crippen MR) is 117 cm³/mol. The standard InChI is InChI=1S/C23H19F3N6O4/c1-31-18(13-35-19-7-6-16(10-27-19)23(24,25)26)17(11-28-31)21-29-20(30-36-21)15-4-2-14(3-5-15)12-32-8-9-34-22(32)33/h2-7,10-11H,8-9,12-13H2,1H3. The van der Waals surface area contributed by atoms with Crippen LogP contribution in [0.15, 0.2) is 53.3 Å². The topological polar surface area (TPSA) is 108 Å². The molecule has 0 bridgehead atoms. The fourth-order valence-corrected chi connectivity index (χ4v) is 3.59. The molecule has 5 rings (SSSR count). The van der Waals surface area contributed by atoms with Crippen molar-refractivity contribution in [2.24, 2.45) is 7.05 Å². The van der Waals surface area contributed by atoms with Gasteiger partial charge in [-0.1, -0.05) is 29.4 Å². The Morgan fingerprint density at radius 3 is 2.58 bits per heavy atom. The Labute approximate surface area is 202 Å². The molecule has 1 aliphatic heterocycles. The molecule has 1 aromatic carbocycles. The number of pyridine rings is 1. The molecule has 0 N–H and O–H groups in total. The van der Waals surface area contributed by atoms with E-state index in [1.165, 1.54) is 6.20 Å². The number of amides is 1. The number of nitrogens with zero attached hydrogens (tertiary/aromatic N) is 6. The van der Waals surface area contributed by atoms with Crippen molar-refractivity contribution < 1.29 is 32.0 Å². The second-order valence-corrected chi connectivity index (χ2v) is 7.96. The lowest BCUT2D eigenvalue weighted by Crippen LogP contribution is -2.23. The Morgan fingerprint density at radius 1 is 1.11 bits per heavy atom. The van der Waals surface area contributed by atoms with E-state index < -0.39 is 11.7 Å². The van der Waals surface area contributed by atoms with Crippen LogP contribution in [0.5, 0.6) is 5.88 Å². The van der Waals surface area contributed by atoms with Gasteiger partial charge in [-0.05, 0) is 11.6 Å². The molecule has 0 unspecified atom stereocenters. The first-order valence-electron chi connectivity index (χ1n) is 10.8. The lowest BCUT2D eigenvalue weighted by atomic mass is 10.1. The molecule has 3 aromatic heterocycles. The molecule has 1 aliphatic rings. The van der Waals surface area contributed by atoms with Gasteiger partial charge in [0.05, 0.1) is 29.6 Å². The second kappa shape index (κ2) is 9.32. The molecule has 10 nitrogen and oxygen atoms in total. The average molecular weight is 500 g/mol. The first-order valence-corrected chi connectivity index (χ1v) is 10.8. The molecule has 0 atom stereocenters. The molecular weight excluding hydrogens is 481 g/mol. The van der Waals surface area contributed by atoms with Gasteiger partial charge in [0.1, 0.15) is 13.2 Å². The summed E-state index contributed by atoms with van der Waals surface area (Å²) in [6.07, 6.45) is -2.55. The molecular formula is C23H19F3N6O4. The molecule has 36 heavy (non-hydrogen) atoms. The smallest absolute Gasteiger partial charge is 0.417 e. The summed E-state index contributed by atoms with van der Waals surface area (Å²) in [6, 6.07) is 9.46. The Kier molecular flexibility index (Phi) is 6.04. The number of alkyl halides is 3. The molecule has 4 heterocycles. The number of halogens is 3. The summed E-state index contributed by atoms with van der Waals surface area (Å²) in [6.45, 7) is 1.37. The zero-order chi connectivity index (χ0) is 25.3. The molecule has 1 amide bonds. The number of rotatable bonds is 7. The number of aryl methyl sites for hydroxylation is 1. The van der Waals surface area contributed by atoms with Crippen molar-refractivity contribution in [2.75, 3.05) is 13.2 Å². The highest BCUT2D eigenvalue weighted by Crippen LogP contribution is 2.30. The van der Waals surface area contributed by atoms with E-state index in [1.807, 2.05) is 24.3 Å². The van der Waals surface area contributed by atoms with Crippen LogP contribution < -0.4 is 4.74 Å². The maximum absolute atomic E-state index is 12.7. The third-order valence-electron chi connectivity index (χ3n) is 5.57. The minimum atomic E-state index is -4.47. The van der Waals surface area contributed by atoms with Crippen molar-refractivity contribution in [1.29, 1.82) is 0 Å². The second-order valence-electron chi connectivity index (χ2n) is 7.96. The van der Waals surface area contributed by atoms with Crippen LogP contribution in [0.2, 0.25) is 0 Å². The van der Waals surface area contributed by atoms with Crippen LogP contribution in [0, 0.1) is 0 Å². The van der Waals surface area contributed by atoms with Crippen molar-refractivity contribution >= 4 is 6.09 Å². The number of hydrogen-bond acceptors (Lipinski definition) is 8. The monoisotopic (exact) mass is 500 g/mol. The first kappa shape index (κ1) is 23.3. The number of cyclic esters (lactones) is 1. The van der Waals surface area contributed by atoms with E-state index in [9.17, 15) is 18.0 Å². The van der Waals surface area contributed by atoms with E-state index in [0.29, 0.717) is 48.5 Å². The summed E-state index contributed by atoms with van der Waals surface area (Å²) in [7, 11) is 1.69. The van der Waals surface area contributed by atoms with Gasteiger partial charge in [0.25, 0.3) is 5.89 Å². The third kappa shape index (κ3) is 4.85. The normalized spacial score (nSPS) is 13.8. The van der Waals surface area contributed by atoms with E-state index in [4.69, 9.17) is 14.0 Å². The van der Waals surface area contributed by atoms with Crippen molar-refractivity contribution in [3.05, 3.63) is 65.6 Å². The van der Waals surface area contributed by atoms with Crippen LogP contribution in [0.1, 0.15) is 16.8 Å². The molecule has 186 valence electrons. The summed E-state index contributed by atoms with van der Waals surface area (Å²) in [5.74, 6) is 0.599. The highest BCUT2D eigenvalue weighted by atomic mass is 19.4. The van der Waals surface area contributed by atoms with Gasteiger partial charge in [0.15, 0.2) is 0 Å². The van der Waals surface area contributed by atoms with Crippen LogP contribution >= 0.6 is 0 Å². The maximum Gasteiger partial charge on any atom is 0.417 e. The molecule has 0 saturated carbocycles. The number of ether oxygens (including phenoxy) is 2. The Morgan fingerprint density at radius 2 is 1.92 bits per heavy atom. The van der Waals surface area contributed by atoms with E-state index >= 15 is 0 Å². The van der Waals surface area contributed by atoms with E-state index in [0.717, 1.165) is 17.7 Å². The molecule has 0 aliphatic carbocycles. The number of aromatic nitrogens is 5. The van der Waals surface area contributed by atoms with Crippen molar-refractivity contribution in [3.63, 3.8) is 0 Å². The first-order chi connectivity index (χ1) is 17.3. The summed E-state index contributed by atoms with van der Waals surface area (Å²) < 4.78 is 55.7. The van der Waals surface area contributed by atoms with Crippen LogP contribution in [0.3, 0.4) is 0 Å². The van der Waals surface area contributed by atoms with Crippen molar-refractivity contribution in [3.8, 4) is 28.7 Å². The molecule has 0 radical (unpaired) electrons. The van der Waals surface area contributed by atoms with Gasteiger partial charge < -0.3 is 18.9 Å². The SMILES string of the molecule is Cn1ncc(-c2nc(-c3ccc(CN4CCOC4=O)cc3)no2)c1COc1ccc(C(F)(F)F)cn1. The van der Waals surface area contributed by atoms with Crippen molar-refractivity contribution in [1.82, 2.24) is 29.8 Å². The number of benzene rings is 1. The Bertz CT molecular complexity index is 1370. The predicted octanol–water partition coefficient (Wildman–Crippen LogP) is 4.08. The molecule has 4 aromatic rings. The van der Waals surface area contributed by atoms with E-state index in [1.54, 1.807) is 16.6 Å². The minimum Gasteiger partial charge on any atom is -0.471 e. The molecule has 13 heteroatoms. The lowest BCUT2D eigenvalue weighted by molar-refractivity contribution is -0.137. The summed E-state index contributed by atoms with van der Waals surface area (Å²) in [5.41, 5.74) is 1.88. The highest BCUT2D eigenvalue weighted by Gasteiger charge is 2.30. The summed E-state index contributed by atoms with van der Waals surface area (Å²) in [4.78, 5) is 21.4. The van der Waals surface area contributed by atoms with Crippen molar-refractivity contribution in [2.45, 2.75) is 19.3 Å². The minimum absolute atomic E-state index is 0.0312. The van der Waals surface area contributed by atoms with Crippen LogP contribution in [-0.4, -0.2) is 49.0 Å². The van der Waals surface area contributed by atoms with Gasteiger partial charge >= 0.3 is 12.3 Å². The van der Waals surface area contributed by atoms with Crippen LogP contribution in [0.4, 0.5) is 18.0 Å². The molecule has 0 spiro atoms. The van der Waals surface area contributed by atoms with Gasteiger partial charge in [-0.15, -0.1) is 0 Å². The zero-order valence-corrected chi connectivity index (χ0v) is 18.9. The highest BCUT2D eigenvalue weighted by molar-refractivity contribution is 5.69. The van der Waals surface area contributed by atoms with Gasteiger partial charge in [-0.2, -0.15) is 23.3 Å². The fraction of sp³-hybridized carbons (Fsp3) is 0.261. The van der Waals surface area contributed by atoms with Gasteiger partial charge in [0.2, 0.25) is 11.7 Å². The Balaban J connectivity index is 1.28. The average Bonchev–Trinajstić information content (AvgIpc) is 3.59. The largest absolute Gasteiger partial charge is 0.471 e. The van der Waals surface area contributed by atoms with Crippen LogP contribution in [0.25, 0.3) is 22.8 Å². The van der Waals surface area contributed by atoms with Crippen LogP contribution in [-0.2, 0) is 31.1 Å². The number of hydrogen-bond donors (Lipinski definition) is 0. The van der Waals surface area contributed by atoms with E-state index in [-0.39, 0.29) is 24.5 Å². The van der Waals surface area contributed by atoms with Gasteiger partial charge in [-0.25, -0.2) is 9.78 Å². The van der Waals surface area contributed by atoms with Gasteiger partial charge in [0, 0.05) is 31.4 Å². The lowest BCUT2D eigenvalue weighted by Gasteiger charge is -2.12. The maximum atomic E-state index is 12.7. The third-order valence-corrected chi connectivity index (χ3v) is 5.57.